The van der Waals surface area contributed by atoms with Gasteiger partial charge in [0.25, 0.3) is 5.69 Å². The molecule has 0 aliphatic carbocycles. The van der Waals surface area contributed by atoms with E-state index >= 15 is 0 Å². The van der Waals surface area contributed by atoms with Crippen molar-refractivity contribution in [1.29, 1.82) is 0 Å². The standard InChI is InChI=1S/C19H25F3N4O5S/c1-13(18(27)23(2)15-5-10-32(30,31)12-15)24-6-8-25(9-7-24)16-4-3-14(19(20,21)22)11-17(16)26(28)29/h3-4,11,13,15H,5-10,12H2,1-2H3. The molecule has 2 aliphatic rings. The quantitative estimate of drug-likeness (QED) is 0.469. The number of anilines is 1. The number of nitrogens with zero attached hydrogens (tertiary/aromatic N) is 4. The van der Waals surface area contributed by atoms with Crippen molar-refractivity contribution < 1.29 is 31.3 Å². The van der Waals surface area contributed by atoms with Gasteiger partial charge in [0.15, 0.2) is 9.84 Å². The van der Waals surface area contributed by atoms with Crippen LogP contribution in [0.15, 0.2) is 18.2 Å². The van der Waals surface area contributed by atoms with E-state index < -0.39 is 38.2 Å². The number of nitro groups is 1. The lowest BCUT2D eigenvalue weighted by molar-refractivity contribution is -0.384. The molecule has 1 aromatic carbocycles. The largest absolute Gasteiger partial charge is 0.416 e. The van der Waals surface area contributed by atoms with Crippen LogP contribution in [0, 0.1) is 10.1 Å². The molecule has 9 nitrogen and oxygen atoms in total. The van der Waals surface area contributed by atoms with E-state index in [1.54, 1.807) is 18.9 Å². The number of carbonyl (C=O) groups is 1. The molecule has 2 fully saturated rings. The van der Waals surface area contributed by atoms with Crippen molar-refractivity contribution in [3.05, 3.63) is 33.9 Å². The zero-order valence-corrected chi connectivity index (χ0v) is 18.5. The van der Waals surface area contributed by atoms with E-state index in [9.17, 15) is 36.5 Å². The van der Waals surface area contributed by atoms with E-state index in [2.05, 4.69) is 0 Å². The van der Waals surface area contributed by atoms with Gasteiger partial charge < -0.3 is 9.80 Å². The molecule has 0 N–H and O–H groups in total. The molecule has 3 rings (SSSR count). The molecule has 2 unspecified atom stereocenters. The van der Waals surface area contributed by atoms with E-state index in [-0.39, 0.29) is 29.1 Å². The van der Waals surface area contributed by atoms with Crippen LogP contribution in [0.25, 0.3) is 0 Å². The minimum absolute atomic E-state index is 0.0483. The molecule has 178 valence electrons. The summed E-state index contributed by atoms with van der Waals surface area (Å²) < 4.78 is 62.2. The predicted octanol–water partition coefficient (Wildman–Crippen LogP) is 1.77. The number of sulfone groups is 1. The zero-order chi connectivity index (χ0) is 23.8. The van der Waals surface area contributed by atoms with Crippen LogP contribution in [-0.4, -0.2) is 85.9 Å². The fourth-order valence-corrected chi connectivity index (χ4v) is 5.95. The minimum Gasteiger partial charge on any atom is -0.363 e. The number of rotatable bonds is 5. The van der Waals surface area contributed by atoms with E-state index in [1.165, 1.54) is 4.90 Å². The van der Waals surface area contributed by atoms with Gasteiger partial charge >= 0.3 is 6.18 Å². The van der Waals surface area contributed by atoms with Gasteiger partial charge in [-0.15, -0.1) is 0 Å². The SMILES string of the molecule is CC(C(=O)N(C)C1CCS(=O)(=O)C1)N1CCN(c2ccc(C(F)(F)F)cc2[N+](=O)[O-])CC1. The van der Waals surface area contributed by atoms with E-state index in [4.69, 9.17) is 0 Å². The van der Waals surface area contributed by atoms with Crippen molar-refractivity contribution in [2.45, 2.75) is 31.6 Å². The molecule has 1 aromatic rings. The number of likely N-dealkylation sites (N-methyl/N-ethyl adjacent to an activating group) is 1. The Bertz CT molecular complexity index is 993. The van der Waals surface area contributed by atoms with Crippen LogP contribution >= 0.6 is 0 Å². The molecule has 13 heteroatoms. The fourth-order valence-electron chi connectivity index (χ4n) is 4.18. The fraction of sp³-hybridized carbons (Fsp3) is 0.632. The second-order valence-corrected chi connectivity index (χ2v) is 10.4. The first kappa shape index (κ1) is 24.2. The predicted molar refractivity (Wildman–Crippen MR) is 111 cm³/mol. The molecule has 2 saturated heterocycles. The molecule has 0 aromatic heterocycles. The lowest BCUT2D eigenvalue weighted by Gasteiger charge is -2.39. The number of halogens is 3. The molecular formula is C19H25F3N4O5S. The summed E-state index contributed by atoms with van der Waals surface area (Å²) in [4.78, 5) is 28.4. The van der Waals surface area contributed by atoms with E-state index in [0.29, 0.717) is 38.7 Å². The highest BCUT2D eigenvalue weighted by Gasteiger charge is 2.37. The maximum absolute atomic E-state index is 12.9. The lowest BCUT2D eigenvalue weighted by atomic mass is 10.1. The molecule has 32 heavy (non-hydrogen) atoms. The second kappa shape index (κ2) is 8.85. The van der Waals surface area contributed by atoms with Crippen LogP contribution in [0.5, 0.6) is 0 Å². The van der Waals surface area contributed by atoms with Crippen LogP contribution in [0.1, 0.15) is 18.9 Å². The van der Waals surface area contributed by atoms with Crippen LogP contribution in [-0.2, 0) is 20.8 Å². The summed E-state index contributed by atoms with van der Waals surface area (Å²) in [7, 11) is -1.54. The Morgan fingerprint density at radius 1 is 1.25 bits per heavy atom. The molecule has 2 atom stereocenters. The first-order valence-corrected chi connectivity index (χ1v) is 11.9. The molecule has 2 heterocycles. The number of hydrogen-bond acceptors (Lipinski definition) is 7. The van der Waals surface area contributed by atoms with Crippen molar-refractivity contribution in [1.82, 2.24) is 9.80 Å². The van der Waals surface area contributed by atoms with Gasteiger partial charge in [-0.1, -0.05) is 0 Å². The molecule has 0 radical (unpaired) electrons. The average Bonchev–Trinajstić information content (AvgIpc) is 3.10. The van der Waals surface area contributed by atoms with Gasteiger partial charge in [0.2, 0.25) is 5.91 Å². The summed E-state index contributed by atoms with van der Waals surface area (Å²) in [5, 5.41) is 11.4. The van der Waals surface area contributed by atoms with E-state index in [0.717, 1.165) is 12.1 Å². The Balaban J connectivity index is 1.66. The van der Waals surface area contributed by atoms with Gasteiger partial charge in [0.1, 0.15) is 5.69 Å². The van der Waals surface area contributed by atoms with Gasteiger partial charge in [0, 0.05) is 45.3 Å². The number of piperazine rings is 1. The van der Waals surface area contributed by atoms with Gasteiger partial charge in [-0.2, -0.15) is 13.2 Å². The number of benzene rings is 1. The number of hydrogen-bond donors (Lipinski definition) is 0. The summed E-state index contributed by atoms with van der Waals surface area (Å²) in [6.07, 6.45) is -4.27. The maximum atomic E-state index is 12.9. The molecule has 0 bridgehead atoms. The van der Waals surface area contributed by atoms with Crippen LogP contribution in [0.2, 0.25) is 0 Å². The Morgan fingerprint density at radius 3 is 2.38 bits per heavy atom. The maximum Gasteiger partial charge on any atom is 0.416 e. The van der Waals surface area contributed by atoms with Gasteiger partial charge in [-0.25, -0.2) is 8.42 Å². The Labute approximate surface area is 183 Å². The van der Waals surface area contributed by atoms with Gasteiger partial charge in [-0.05, 0) is 25.5 Å². The van der Waals surface area contributed by atoms with Crippen molar-refractivity contribution >= 4 is 27.1 Å². The lowest BCUT2D eigenvalue weighted by Crippen LogP contribution is -2.55. The molecule has 0 saturated carbocycles. The van der Waals surface area contributed by atoms with Crippen LogP contribution in [0.4, 0.5) is 24.5 Å². The Kier molecular flexibility index (Phi) is 6.70. The van der Waals surface area contributed by atoms with Crippen molar-refractivity contribution in [3.8, 4) is 0 Å². The summed E-state index contributed by atoms with van der Waals surface area (Å²) >= 11 is 0. The third-order valence-corrected chi connectivity index (χ3v) is 7.91. The van der Waals surface area contributed by atoms with Crippen molar-refractivity contribution in [2.75, 3.05) is 49.6 Å². The van der Waals surface area contributed by atoms with Crippen molar-refractivity contribution in [2.24, 2.45) is 0 Å². The molecule has 2 aliphatic heterocycles. The topological polar surface area (TPSA) is 104 Å². The van der Waals surface area contributed by atoms with Crippen LogP contribution < -0.4 is 4.90 Å². The number of amides is 1. The molecule has 0 spiro atoms. The van der Waals surface area contributed by atoms with Gasteiger partial charge in [0.05, 0.1) is 28.0 Å². The normalized spacial score (nSPS) is 22.5. The highest BCUT2D eigenvalue weighted by molar-refractivity contribution is 7.91. The number of alkyl halides is 3. The molecule has 1 amide bonds. The number of nitro benzene ring substituents is 1. The average molecular weight is 478 g/mol. The smallest absolute Gasteiger partial charge is 0.363 e. The first-order chi connectivity index (χ1) is 14.8. The summed E-state index contributed by atoms with van der Waals surface area (Å²) in [6, 6.07) is 1.60. The zero-order valence-electron chi connectivity index (χ0n) is 17.7. The summed E-state index contributed by atoms with van der Waals surface area (Å²) in [6.45, 7) is 3.07. The second-order valence-electron chi connectivity index (χ2n) is 8.16. The van der Waals surface area contributed by atoms with E-state index in [1.807, 2.05) is 4.90 Å². The minimum atomic E-state index is -4.68. The first-order valence-electron chi connectivity index (χ1n) is 10.1. The third kappa shape index (κ3) is 5.14. The number of carbonyl (C=O) groups excluding carboxylic acids is 1. The van der Waals surface area contributed by atoms with Crippen LogP contribution in [0.3, 0.4) is 0 Å². The molecular weight excluding hydrogens is 453 g/mol. The van der Waals surface area contributed by atoms with Gasteiger partial charge in [-0.3, -0.25) is 19.8 Å². The highest BCUT2D eigenvalue weighted by Crippen LogP contribution is 2.36. The third-order valence-electron chi connectivity index (χ3n) is 6.16. The Hall–Kier alpha value is -2.41. The monoisotopic (exact) mass is 478 g/mol. The highest BCUT2D eigenvalue weighted by atomic mass is 32.2. The van der Waals surface area contributed by atoms with Crippen molar-refractivity contribution in [3.63, 3.8) is 0 Å². The summed E-state index contributed by atoms with van der Waals surface area (Å²) in [5.74, 6) is -0.192. The summed E-state index contributed by atoms with van der Waals surface area (Å²) in [5.41, 5.74) is -1.59. The Morgan fingerprint density at radius 2 is 1.88 bits per heavy atom.